The van der Waals surface area contributed by atoms with Crippen LogP contribution in [0.2, 0.25) is 42.5 Å². The first-order valence-corrected chi connectivity index (χ1v) is 38.0. The molecule has 0 N–H and O–H groups in total. The third-order valence-electron chi connectivity index (χ3n) is 16.6. The zero-order valence-corrected chi connectivity index (χ0v) is 46.0. The SMILES string of the molecule is CC1=CC2=C(C=CC=CC2c2ccc3cc(O[Si](C)(C)C(C)(C)C)ccc3c2)[C]12CCC[C]1(C(C)=CC3=C1C=CC=CC3c1ccc3cc(O[Si](C)(C)C(C)(C)C)ccc3c1)[Zr]2([Cl])[Cl]. The van der Waals surface area contributed by atoms with Crippen molar-refractivity contribution in [3.63, 3.8) is 0 Å². The third-order valence-corrected chi connectivity index (χ3v) is 42.7. The Balaban J connectivity index is 1.07. The summed E-state index contributed by atoms with van der Waals surface area (Å²) in [5.41, 5.74) is 10.6. The normalized spacial score (nSPS) is 25.5. The van der Waals surface area contributed by atoms with Crippen LogP contribution in [0.15, 0.2) is 167 Å². The Morgan fingerprint density at radius 3 is 1.31 bits per heavy atom. The first kappa shape index (κ1) is 45.9. The summed E-state index contributed by atoms with van der Waals surface area (Å²) < 4.78 is 12.7. The van der Waals surface area contributed by atoms with E-state index in [1.165, 1.54) is 66.1 Å². The zero-order chi connectivity index (χ0) is 45.8. The monoisotopic (exact) mass is 998 g/mol. The van der Waals surface area contributed by atoms with E-state index >= 15 is 0 Å². The molecular weight excluding hydrogens is 935 g/mol. The second-order valence-electron chi connectivity index (χ2n) is 22.3. The van der Waals surface area contributed by atoms with E-state index in [-0.39, 0.29) is 28.2 Å². The molecule has 9 rings (SSSR count). The number of fused-ring (bicyclic) bond motifs is 4. The van der Waals surface area contributed by atoms with E-state index in [2.05, 4.69) is 215 Å². The Morgan fingerprint density at radius 2 is 0.922 bits per heavy atom. The summed E-state index contributed by atoms with van der Waals surface area (Å²) in [6.07, 6.45) is 26.4. The fraction of sp³-hybridized carbons (Fsp3) is 0.368. The van der Waals surface area contributed by atoms with E-state index in [0.29, 0.717) is 0 Å². The number of halogens is 2. The fourth-order valence-electron chi connectivity index (χ4n) is 10.9. The summed E-state index contributed by atoms with van der Waals surface area (Å²) in [7, 11) is 13.2. The molecule has 5 aliphatic rings. The maximum atomic E-state index is 8.55. The van der Waals surface area contributed by atoms with E-state index in [4.69, 9.17) is 25.9 Å². The molecule has 4 atom stereocenters. The van der Waals surface area contributed by atoms with Crippen LogP contribution in [0.25, 0.3) is 21.5 Å². The topological polar surface area (TPSA) is 18.5 Å². The van der Waals surface area contributed by atoms with Crippen molar-refractivity contribution in [3.05, 3.63) is 178 Å². The molecular formula is C57H66Cl2O2Si2Zr. The van der Waals surface area contributed by atoms with E-state index in [9.17, 15) is 0 Å². The minimum atomic E-state index is -4.43. The van der Waals surface area contributed by atoms with Crippen molar-refractivity contribution in [1.82, 2.24) is 0 Å². The first-order chi connectivity index (χ1) is 30.0. The number of hydrogen-bond donors (Lipinski definition) is 0. The zero-order valence-electron chi connectivity index (χ0n) is 40.1. The Labute approximate surface area is 397 Å². The van der Waals surface area contributed by atoms with Crippen LogP contribution in [-0.2, 0) is 17.9 Å². The van der Waals surface area contributed by atoms with Crippen LogP contribution in [0, 0.1) is 0 Å². The minimum absolute atomic E-state index is 0.0872. The van der Waals surface area contributed by atoms with Crippen molar-refractivity contribution in [1.29, 1.82) is 0 Å². The van der Waals surface area contributed by atoms with Crippen LogP contribution in [-0.4, -0.2) is 16.6 Å². The quantitative estimate of drug-likeness (QED) is 0.179. The number of benzene rings is 4. The molecule has 0 radical (unpaired) electrons. The van der Waals surface area contributed by atoms with Gasteiger partial charge in [-0.15, -0.1) is 0 Å². The van der Waals surface area contributed by atoms with Gasteiger partial charge in [0.2, 0.25) is 0 Å². The molecule has 7 heteroatoms. The summed E-state index contributed by atoms with van der Waals surface area (Å²) >= 11 is -4.43. The summed E-state index contributed by atoms with van der Waals surface area (Å²) in [6, 6.07) is 27.2. The van der Waals surface area contributed by atoms with E-state index in [1.807, 2.05) is 0 Å². The number of allylic oxidation sites excluding steroid dienone is 16. The van der Waals surface area contributed by atoms with Crippen LogP contribution in [0.5, 0.6) is 11.5 Å². The van der Waals surface area contributed by atoms with Gasteiger partial charge in [0.25, 0.3) is 0 Å². The van der Waals surface area contributed by atoms with E-state index in [1.54, 1.807) is 0 Å². The first-order valence-electron chi connectivity index (χ1n) is 23.4. The van der Waals surface area contributed by atoms with Crippen molar-refractivity contribution >= 4 is 55.2 Å². The van der Waals surface area contributed by atoms with Gasteiger partial charge < -0.3 is 0 Å². The van der Waals surface area contributed by atoms with Gasteiger partial charge in [-0.1, -0.05) is 41.5 Å². The second-order valence-corrected chi connectivity index (χ2v) is 46.7. The Hall–Kier alpha value is -3.18. The van der Waals surface area contributed by atoms with E-state index < -0.39 is 34.5 Å². The van der Waals surface area contributed by atoms with Gasteiger partial charge in [0.1, 0.15) is 0 Å². The van der Waals surface area contributed by atoms with Gasteiger partial charge in [0.05, 0.1) is 0 Å². The average molecular weight is 1000 g/mol. The van der Waals surface area contributed by atoms with Crippen LogP contribution in [0.3, 0.4) is 0 Å². The molecule has 4 aromatic rings. The molecule has 1 saturated heterocycles. The third kappa shape index (κ3) is 7.24. The molecule has 0 saturated carbocycles. The molecule has 1 fully saturated rings. The molecule has 0 bridgehead atoms. The van der Waals surface area contributed by atoms with Gasteiger partial charge in [-0.05, 0) is 36.3 Å². The molecule has 332 valence electrons. The number of hydrogen-bond acceptors (Lipinski definition) is 2. The molecule has 64 heavy (non-hydrogen) atoms. The molecule has 4 unspecified atom stereocenters. The molecule has 4 aromatic carbocycles. The van der Waals surface area contributed by atoms with Gasteiger partial charge in [-0.25, -0.2) is 0 Å². The molecule has 4 aliphatic carbocycles. The molecule has 1 heterocycles. The van der Waals surface area contributed by atoms with Gasteiger partial charge in [-0.2, -0.15) is 0 Å². The van der Waals surface area contributed by atoms with Crippen molar-refractivity contribution < 1.29 is 26.7 Å². The van der Waals surface area contributed by atoms with Crippen LogP contribution < -0.4 is 8.85 Å². The van der Waals surface area contributed by atoms with Crippen LogP contribution in [0.4, 0.5) is 0 Å². The van der Waals surface area contributed by atoms with Gasteiger partial charge >= 0.3 is 323 Å². The van der Waals surface area contributed by atoms with Gasteiger partial charge in [0, 0.05) is 0 Å². The Bertz CT molecular complexity index is 2660. The van der Waals surface area contributed by atoms with Crippen LogP contribution >= 0.6 is 17.0 Å². The van der Waals surface area contributed by atoms with Crippen molar-refractivity contribution in [2.24, 2.45) is 0 Å². The van der Waals surface area contributed by atoms with E-state index in [0.717, 1.165) is 30.8 Å². The fourth-order valence-corrected chi connectivity index (χ4v) is 30.9. The van der Waals surface area contributed by atoms with Crippen molar-refractivity contribution in [2.45, 2.75) is 129 Å². The predicted molar refractivity (Wildman–Crippen MR) is 278 cm³/mol. The average Bonchev–Trinajstić information content (AvgIpc) is 3.41. The molecule has 1 aliphatic heterocycles. The molecule has 2 spiro atoms. The van der Waals surface area contributed by atoms with Crippen LogP contribution in [0.1, 0.15) is 97.6 Å². The maximum absolute atomic E-state index is 8.55. The summed E-state index contributed by atoms with van der Waals surface area (Å²) in [6.45, 7) is 27.6. The van der Waals surface area contributed by atoms with Crippen molar-refractivity contribution in [3.8, 4) is 11.5 Å². The summed E-state index contributed by atoms with van der Waals surface area (Å²) in [5.74, 6) is 2.10. The van der Waals surface area contributed by atoms with Gasteiger partial charge in [0.15, 0.2) is 0 Å². The standard InChI is InChI=1S/C57H66O2Si2.2ClH.Zr/c1-38-32-54-50(44-26-24-42-36-46(30-28-40(42)34-44)58-60(9,10)56(3,4)5)18-13-15-20-52(54)48(38)22-17-23-49-39(2)33-55-51(19-14-16-21-53(49)55)45-27-25-43-37-47(31-29-41(43)35-45)59-61(11,12)57(6,7)8;;;/h13-16,18-21,24-37,50-51H,17,22-23H2,1-12H3;2*1H;/q;;;+2/p-2. The summed E-state index contributed by atoms with van der Waals surface area (Å²) in [5, 5.41) is 5.12. The van der Waals surface area contributed by atoms with Crippen molar-refractivity contribution in [2.75, 3.05) is 0 Å². The molecule has 0 amide bonds. The number of rotatable bonds is 6. The molecule has 2 nitrogen and oxygen atoms in total. The predicted octanol–water partition coefficient (Wildman–Crippen LogP) is 18.4. The Morgan fingerprint density at radius 1 is 0.547 bits per heavy atom. The second kappa shape index (κ2) is 16.0. The summed E-state index contributed by atoms with van der Waals surface area (Å²) in [4.78, 5) is 0. The van der Waals surface area contributed by atoms with Gasteiger partial charge in [-0.3, -0.25) is 0 Å². The Kier molecular flexibility index (Phi) is 11.5. The molecule has 0 aromatic heterocycles.